The van der Waals surface area contributed by atoms with E-state index in [9.17, 15) is 29.6 Å². The zero-order valence-corrected chi connectivity index (χ0v) is 17.6. The normalized spacial score (nSPS) is 13.4. The molecule has 3 atom stereocenters. The minimum atomic E-state index is -1.52. The third kappa shape index (κ3) is 6.35. The topological polar surface area (TPSA) is 145 Å². The summed E-state index contributed by atoms with van der Waals surface area (Å²) in [6.07, 6.45) is -1.43. The number of rotatable bonds is 11. The lowest BCUT2D eigenvalue weighted by molar-refractivity contribution is -0.384. The second-order valence-electron chi connectivity index (χ2n) is 6.82. The highest BCUT2D eigenvalue weighted by Gasteiger charge is 2.35. The maximum absolute atomic E-state index is 12.9. The van der Waals surface area contributed by atoms with Gasteiger partial charge in [0.25, 0.3) is 11.6 Å². The van der Waals surface area contributed by atoms with Crippen molar-refractivity contribution >= 4 is 23.5 Å². The number of ether oxygens (including phenoxy) is 2. The van der Waals surface area contributed by atoms with Gasteiger partial charge in [0.15, 0.2) is 6.10 Å². The van der Waals surface area contributed by atoms with Crippen molar-refractivity contribution in [1.82, 2.24) is 5.32 Å². The SMILES string of the molecule is CCOC(=O)C[C@H](c1ccc([N+](=O)[O-])cc1)[C@@H](NC(=O)[C@H](OC)c1ccccc1)C(=O)O. The van der Waals surface area contributed by atoms with Gasteiger partial charge in [0.2, 0.25) is 0 Å². The van der Waals surface area contributed by atoms with Crippen molar-refractivity contribution in [3.8, 4) is 0 Å². The van der Waals surface area contributed by atoms with Crippen molar-refractivity contribution in [3.05, 3.63) is 75.8 Å². The minimum absolute atomic E-state index is 0.0929. The Hall–Kier alpha value is -3.79. The molecule has 1 amide bonds. The average molecular weight is 444 g/mol. The first-order valence-electron chi connectivity index (χ1n) is 9.79. The van der Waals surface area contributed by atoms with E-state index in [2.05, 4.69) is 5.32 Å². The molecule has 0 aliphatic rings. The summed E-state index contributed by atoms with van der Waals surface area (Å²) in [5.74, 6) is -3.79. The van der Waals surface area contributed by atoms with E-state index >= 15 is 0 Å². The number of aliphatic carboxylic acids is 1. The van der Waals surface area contributed by atoms with Gasteiger partial charge < -0.3 is 19.9 Å². The molecule has 0 saturated heterocycles. The molecule has 2 aromatic carbocycles. The zero-order chi connectivity index (χ0) is 23.7. The molecule has 32 heavy (non-hydrogen) atoms. The van der Waals surface area contributed by atoms with Gasteiger partial charge in [0.05, 0.1) is 18.0 Å². The fourth-order valence-corrected chi connectivity index (χ4v) is 3.26. The molecule has 170 valence electrons. The molecule has 10 heteroatoms. The molecule has 0 aliphatic carbocycles. The lowest BCUT2D eigenvalue weighted by atomic mass is 9.88. The Morgan fingerprint density at radius 2 is 1.69 bits per heavy atom. The summed E-state index contributed by atoms with van der Waals surface area (Å²) in [6.45, 7) is 1.70. The van der Waals surface area contributed by atoms with E-state index < -0.39 is 40.8 Å². The zero-order valence-electron chi connectivity index (χ0n) is 17.6. The van der Waals surface area contributed by atoms with Crippen LogP contribution in [-0.4, -0.2) is 47.6 Å². The Morgan fingerprint density at radius 3 is 2.19 bits per heavy atom. The number of benzene rings is 2. The average Bonchev–Trinajstić information content (AvgIpc) is 2.77. The van der Waals surface area contributed by atoms with Crippen LogP contribution in [0.3, 0.4) is 0 Å². The predicted octanol–water partition coefficient (Wildman–Crippen LogP) is 2.59. The van der Waals surface area contributed by atoms with Gasteiger partial charge in [-0.1, -0.05) is 42.5 Å². The van der Waals surface area contributed by atoms with Crippen molar-refractivity contribution in [2.24, 2.45) is 0 Å². The number of methoxy groups -OCH3 is 1. The number of nitrogens with zero attached hydrogens (tertiary/aromatic N) is 1. The Labute approximate surface area is 184 Å². The van der Waals surface area contributed by atoms with Crippen molar-refractivity contribution < 1.29 is 33.9 Å². The molecule has 0 saturated carbocycles. The predicted molar refractivity (Wildman–Crippen MR) is 113 cm³/mol. The first-order valence-corrected chi connectivity index (χ1v) is 9.79. The third-order valence-electron chi connectivity index (χ3n) is 4.77. The molecule has 10 nitrogen and oxygen atoms in total. The summed E-state index contributed by atoms with van der Waals surface area (Å²) in [4.78, 5) is 47.5. The molecular formula is C22H24N2O8. The van der Waals surface area contributed by atoms with E-state index in [1.54, 1.807) is 37.3 Å². The maximum atomic E-state index is 12.9. The summed E-state index contributed by atoms with van der Waals surface area (Å²) in [6, 6.07) is 12.1. The molecule has 0 unspecified atom stereocenters. The molecule has 2 aromatic rings. The largest absolute Gasteiger partial charge is 0.480 e. The summed E-state index contributed by atoms with van der Waals surface area (Å²) in [5.41, 5.74) is 0.655. The van der Waals surface area contributed by atoms with Crippen molar-refractivity contribution in [1.29, 1.82) is 0 Å². The molecule has 2 rings (SSSR count). The summed E-state index contributed by atoms with van der Waals surface area (Å²) in [7, 11) is 1.32. The molecule has 0 aromatic heterocycles. The van der Waals surface area contributed by atoms with Gasteiger partial charge >= 0.3 is 11.9 Å². The Kier molecular flexibility index (Phi) is 8.84. The number of carbonyl (C=O) groups is 3. The number of non-ortho nitro benzene ring substituents is 1. The molecule has 0 spiro atoms. The number of nitro benzene ring substituents is 1. The highest BCUT2D eigenvalue weighted by Crippen LogP contribution is 2.28. The fourth-order valence-electron chi connectivity index (χ4n) is 3.26. The number of hydrogen-bond acceptors (Lipinski definition) is 7. The highest BCUT2D eigenvalue weighted by atomic mass is 16.6. The van der Waals surface area contributed by atoms with E-state index in [1.165, 1.54) is 31.4 Å². The smallest absolute Gasteiger partial charge is 0.326 e. The van der Waals surface area contributed by atoms with Gasteiger partial charge in [-0.05, 0) is 18.1 Å². The van der Waals surface area contributed by atoms with E-state index in [0.717, 1.165) is 0 Å². The number of carbonyl (C=O) groups excluding carboxylic acids is 2. The van der Waals surface area contributed by atoms with Crippen LogP contribution in [0.15, 0.2) is 54.6 Å². The van der Waals surface area contributed by atoms with Crippen LogP contribution in [0.1, 0.15) is 36.5 Å². The first-order chi connectivity index (χ1) is 15.3. The lowest BCUT2D eigenvalue weighted by Gasteiger charge is -2.26. The molecule has 0 fully saturated rings. The monoisotopic (exact) mass is 444 g/mol. The van der Waals surface area contributed by atoms with Crippen LogP contribution >= 0.6 is 0 Å². The second-order valence-corrected chi connectivity index (χ2v) is 6.82. The number of hydrogen-bond donors (Lipinski definition) is 2. The van der Waals surface area contributed by atoms with Crippen LogP contribution in [0.4, 0.5) is 5.69 Å². The standard InChI is InChI=1S/C22H24N2O8/c1-3-32-18(25)13-17(14-9-11-16(12-10-14)24(29)30)19(22(27)28)23-21(26)20(31-2)15-7-5-4-6-8-15/h4-12,17,19-20H,3,13H2,1-2H3,(H,23,26)(H,27,28)/t17-,19-,20-/m1/s1. The van der Waals surface area contributed by atoms with Crippen LogP contribution in [0.2, 0.25) is 0 Å². The van der Waals surface area contributed by atoms with E-state index in [-0.39, 0.29) is 18.7 Å². The van der Waals surface area contributed by atoms with Gasteiger partial charge in [-0.15, -0.1) is 0 Å². The van der Waals surface area contributed by atoms with Gasteiger partial charge in [-0.2, -0.15) is 0 Å². The maximum Gasteiger partial charge on any atom is 0.326 e. The lowest BCUT2D eigenvalue weighted by Crippen LogP contribution is -2.47. The van der Waals surface area contributed by atoms with Gasteiger partial charge in [0, 0.05) is 25.2 Å². The van der Waals surface area contributed by atoms with Crippen LogP contribution in [-0.2, 0) is 23.9 Å². The number of carboxylic acid groups (broad SMARTS) is 1. The number of esters is 1. The van der Waals surface area contributed by atoms with Crippen LogP contribution in [0.5, 0.6) is 0 Å². The summed E-state index contributed by atoms with van der Waals surface area (Å²) >= 11 is 0. The minimum Gasteiger partial charge on any atom is -0.480 e. The number of amides is 1. The Balaban J connectivity index is 2.37. The van der Waals surface area contributed by atoms with E-state index in [4.69, 9.17) is 9.47 Å². The first kappa shape index (κ1) is 24.5. The Bertz CT molecular complexity index is 946. The number of nitrogens with one attached hydrogen (secondary N) is 1. The number of nitro groups is 1. The van der Waals surface area contributed by atoms with Crippen molar-refractivity contribution in [2.75, 3.05) is 13.7 Å². The van der Waals surface area contributed by atoms with Crippen LogP contribution in [0.25, 0.3) is 0 Å². The van der Waals surface area contributed by atoms with E-state index in [0.29, 0.717) is 11.1 Å². The Morgan fingerprint density at radius 1 is 1.06 bits per heavy atom. The molecule has 0 radical (unpaired) electrons. The van der Waals surface area contributed by atoms with Gasteiger partial charge in [-0.25, -0.2) is 4.79 Å². The fraction of sp³-hybridized carbons (Fsp3) is 0.318. The molecule has 0 aliphatic heterocycles. The molecule has 2 N–H and O–H groups in total. The third-order valence-corrected chi connectivity index (χ3v) is 4.77. The molecule has 0 bridgehead atoms. The van der Waals surface area contributed by atoms with Crippen LogP contribution in [0, 0.1) is 10.1 Å². The summed E-state index contributed by atoms with van der Waals surface area (Å²) < 4.78 is 10.2. The van der Waals surface area contributed by atoms with Gasteiger partial charge in [0.1, 0.15) is 6.04 Å². The summed E-state index contributed by atoms with van der Waals surface area (Å²) in [5, 5.41) is 23.2. The van der Waals surface area contributed by atoms with E-state index in [1.807, 2.05) is 0 Å². The van der Waals surface area contributed by atoms with Crippen molar-refractivity contribution in [3.63, 3.8) is 0 Å². The number of carboxylic acids is 1. The van der Waals surface area contributed by atoms with Gasteiger partial charge in [-0.3, -0.25) is 19.7 Å². The van der Waals surface area contributed by atoms with Crippen molar-refractivity contribution in [2.45, 2.75) is 31.4 Å². The molecule has 0 heterocycles. The highest BCUT2D eigenvalue weighted by molar-refractivity contribution is 5.88. The molecular weight excluding hydrogens is 420 g/mol. The second kappa shape index (κ2) is 11.6. The van der Waals surface area contributed by atoms with Crippen LogP contribution < -0.4 is 5.32 Å². The quantitative estimate of drug-likeness (QED) is 0.306.